The summed E-state index contributed by atoms with van der Waals surface area (Å²) in [7, 11) is -3.07. The zero-order valence-corrected chi connectivity index (χ0v) is 12.7. The molecule has 0 aliphatic heterocycles. The van der Waals surface area contributed by atoms with Crippen LogP contribution in [-0.2, 0) is 9.84 Å². The molecule has 1 rings (SSSR count). The van der Waals surface area contributed by atoms with Crippen LogP contribution in [0, 0.1) is 0 Å². The maximum atomic E-state index is 11.8. The van der Waals surface area contributed by atoms with E-state index in [1.807, 2.05) is 19.1 Å². The van der Waals surface area contributed by atoms with Gasteiger partial charge in [-0.05, 0) is 36.5 Å². The fraction of sp³-hybridized carbons (Fsp3) is 0.538. The molecule has 0 radical (unpaired) electrons. The number of hydrogen-bond acceptors (Lipinski definition) is 2. The molecule has 0 fully saturated rings. The summed E-state index contributed by atoms with van der Waals surface area (Å²) in [6, 6.07) is 7.31. The minimum atomic E-state index is -3.07. The van der Waals surface area contributed by atoms with Crippen molar-refractivity contribution in [1.82, 2.24) is 0 Å². The lowest BCUT2D eigenvalue weighted by atomic mass is 9.99. The Morgan fingerprint density at radius 3 is 2.29 bits per heavy atom. The molecule has 1 aromatic rings. The van der Waals surface area contributed by atoms with Crippen LogP contribution in [-0.4, -0.2) is 19.5 Å². The molecule has 1 unspecified atom stereocenters. The number of hydrogen-bond donors (Lipinski definition) is 0. The second-order valence-electron chi connectivity index (χ2n) is 4.27. The summed E-state index contributed by atoms with van der Waals surface area (Å²) in [6.45, 7) is 4.03. The van der Waals surface area contributed by atoms with Crippen LogP contribution >= 0.6 is 15.9 Å². The van der Waals surface area contributed by atoms with Crippen molar-refractivity contribution in [3.63, 3.8) is 0 Å². The normalized spacial score (nSPS) is 13.6. The summed E-state index contributed by atoms with van der Waals surface area (Å²) in [6.07, 6.45) is 1.71. The van der Waals surface area contributed by atoms with Gasteiger partial charge in [-0.25, -0.2) is 8.42 Å². The van der Waals surface area contributed by atoms with Crippen molar-refractivity contribution in [2.45, 2.75) is 37.5 Å². The quantitative estimate of drug-likeness (QED) is 0.748. The van der Waals surface area contributed by atoms with Crippen LogP contribution < -0.4 is 0 Å². The molecule has 0 aliphatic carbocycles. The topological polar surface area (TPSA) is 34.1 Å². The minimum Gasteiger partial charge on any atom is -0.224 e. The molecule has 0 heterocycles. The van der Waals surface area contributed by atoms with Crippen molar-refractivity contribution in [3.8, 4) is 0 Å². The van der Waals surface area contributed by atoms with E-state index in [4.69, 9.17) is 0 Å². The fourth-order valence-electron chi connectivity index (χ4n) is 1.72. The lowest BCUT2D eigenvalue weighted by Gasteiger charge is -2.10. The van der Waals surface area contributed by atoms with Crippen molar-refractivity contribution < 1.29 is 8.42 Å². The van der Waals surface area contributed by atoms with Crippen LogP contribution in [0.5, 0.6) is 0 Å². The predicted octanol–water partition coefficient (Wildman–Crippen LogP) is 3.76. The standard InChI is InChI=1S/C13H19BrO2S/c1-3-10-17(15,16)13-6-4-12(5-7-13)11(2)8-9-14/h4-7,11H,3,8-10H2,1-2H3. The number of sulfone groups is 1. The Hall–Kier alpha value is -0.350. The third-order valence-corrected chi connectivity index (χ3v) is 5.22. The van der Waals surface area contributed by atoms with Gasteiger partial charge in [0.1, 0.15) is 0 Å². The molecule has 1 aromatic carbocycles. The van der Waals surface area contributed by atoms with Crippen molar-refractivity contribution in [2.24, 2.45) is 0 Å². The van der Waals surface area contributed by atoms with Crippen LogP contribution in [0.4, 0.5) is 0 Å². The average molecular weight is 319 g/mol. The molecule has 0 saturated carbocycles. The Bertz CT molecular complexity index is 437. The molecule has 0 amide bonds. The molecular weight excluding hydrogens is 300 g/mol. The van der Waals surface area contributed by atoms with E-state index in [0.29, 0.717) is 17.2 Å². The van der Waals surface area contributed by atoms with Gasteiger partial charge in [-0.3, -0.25) is 0 Å². The van der Waals surface area contributed by atoms with Crippen LogP contribution in [0.2, 0.25) is 0 Å². The summed E-state index contributed by atoms with van der Waals surface area (Å²) < 4.78 is 23.7. The van der Waals surface area contributed by atoms with Crippen molar-refractivity contribution in [2.75, 3.05) is 11.1 Å². The highest BCUT2D eigenvalue weighted by Gasteiger charge is 2.13. The summed E-state index contributed by atoms with van der Waals surface area (Å²) in [5, 5.41) is 0.962. The molecule has 0 saturated heterocycles. The Morgan fingerprint density at radius 1 is 1.24 bits per heavy atom. The Morgan fingerprint density at radius 2 is 1.82 bits per heavy atom. The van der Waals surface area contributed by atoms with Gasteiger partial charge in [0.25, 0.3) is 0 Å². The van der Waals surface area contributed by atoms with Crippen LogP contribution in [0.1, 0.15) is 38.2 Å². The van der Waals surface area contributed by atoms with E-state index in [9.17, 15) is 8.42 Å². The van der Waals surface area contributed by atoms with Gasteiger partial charge >= 0.3 is 0 Å². The first kappa shape index (κ1) is 14.7. The first-order valence-corrected chi connectivity index (χ1v) is 8.67. The van der Waals surface area contributed by atoms with E-state index in [1.165, 1.54) is 5.56 Å². The van der Waals surface area contributed by atoms with E-state index in [2.05, 4.69) is 22.9 Å². The summed E-state index contributed by atoms with van der Waals surface area (Å²) in [5.41, 5.74) is 1.19. The van der Waals surface area contributed by atoms with Gasteiger partial charge < -0.3 is 0 Å². The van der Waals surface area contributed by atoms with Crippen molar-refractivity contribution in [1.29, 1.82) is 0 Å². The average Bonchev–Trinajstić information content (AvgIpc) is 2.29. The van der Waals surface area contributed by atoms with Crippen LogP contribution in [0.15, 0.2) is 29.2 Å². The molecule has 4 heteroatoms. The molecule has 1 atom stereocenters. The van der Waals surface area contributed by atoms with Gasteiger partial charge in [0.05, 0.1) is 10.6 Å². The van der Waals surface area contributed by atoms with Crippen molar-refractivity contribution in [3.05, 3.63) is 29.8 Å². The monoisotopic (exact) mass is 318 g/mol. The molecule has 0 aromatic heterocycles. The first-order valence-electron chi connectivity index (χ1n) is 5.90. The summed E-state index contributed by atoms with van der Waals surface area (Å²) in [5.74, 6) is 0.681. The lowest BCUT2D eigenvalue weighted by molar-refractivity contribution is 0.594. The third kappa shape index (κ3) is 4.11. The first-order chi connectivity index (χ1) is 8.01. The van der Waals surface area contributed by atoms with Gasteiger partial charge in [0.15, 0.2) is 9.84 Å². The Labute approximate surface area is 112 Å². The highest BCUT2D eigenvalue weighted by Crippen LogP contribution is 2.22. The molecule has 2 nitrogen and oxygen atoms in total. The van der Waals surface area contributed by atoms with Crippen LogP contribution in [0.3, 0.4) is 0 Å². The molecule has 96 valence electrons. The largest absolute Gasteiger partial charge is 0.224 e. The van der Waals surface area contributed by atoms with E-state index < -0.39 is 9.84 Å². The Balaban J connectivity index is 2.88. The van der Waals surface area contributed by atoms with Gasteiger partial charge in [0.2, 0.25) is 0 Å². The van der Waals surface area contributed by atoms with E-state index in [1.54, 1.807) is 12.1 Å². The third-order valence-electron chi connectivity index (χ3n) is 2.82. The smallest absolute Gasteiger partial charge is 0.178 e. The maximum Gasteiger partial charge on any atom is 0.178 e. The maximum absolute atomic E-state index is 11.8. The summed E-state index contributed by atoms with van der Waals surface area (Å²) in [4.78, 5) is 0.439. The highest BCUT2D eigenvalue weighted by atomic mass is 79.9. The second-order valence-corrected chi connectivity index (χ2v) is 7.17. The predicted molar refractivity (Wildman–Crippen MR) is 75.6 cm³/mol. The second kappa shape index (κ2) is 6.55. The lowest BCUT2D eigenvalue weighted by Crippen LogP contribution is -2.06. The van der Waals surface area contributed by atoms with Crippen molar-refractivity contribution >= 4 is 25.8 Å². The number of halogens is 1. The van der Waals surface area contributed by atoms with Gasteiger partial charge in [0, 0.05) is 5.33 Å². The van der Waals surface area contributed by atoms with E-state index >= 15 is 0 Å². The highest BCUT2D eigenvalue weighted by molar-refractivity contribution is 9.09. The van der Waals surface area contributed by atoms with Gasteiger partial charge in [-0.2, -0.15) is 0 Å². The zero-order chi connectivity index (χ0) is 12.9. The Kier molecular flexibility index (Phi) is 5.67. The van der Waals surface area contributed by atoms with Gasteiger partial charge in [-0.15, -0.1) is 0 Å². The van der Waals surface area contributed by atoms with E-state index in [0.717, 1.165) is 11.8 Å². The zero-order valence-electron chi connectivity index (χ0n) is 10.3. The number of benzene rings is 1. The van der Waals surface area contributed by atoms with Gasteiger partial charge in [-0.1, -0.05) is 41.9 Å². The number of alkyl halides is 1. The minimum absolute atomic E-state index is 0.225. The molecule has 0 spiro atoms. The van der Waals surface area contributed by atoms with Crippen LogP contribution in [0.25, 0.3) is 0 Å². The summed E-state index contributed by atoms with van der Waals surface area (Å²) >= 11 is 3.42. The fourth-order valence-corrected chi connectivity index (χ4v) is 3.73. The number of rotatable bonds is 6. The molecule has 17 heavy (non-hydrogen) atoms. The molecular formula is C13H19BrO2S. The molecule has 0 bridgehead atoms. The SMILES string of the molecule is CCCS(=O)(=O)c1ccc(C(C)CCBr)cc1. The van der Waals surface area contributed by atoms with E-state index in [-0.39, 0.29) is 5.75 Å². The molecule has 0 N–H and O–H groups in total. The molecule has 0 aliphatic rings.